The number of fused-ring (bicyclic) bond motifs is 2. The van der Waals surface area contributed by atoms with Gasteiger partial charge in [-0.25, -0.2) is 0 Å². The van der Waals surface area contributed by atoms with Crippen LogP contribution in [-0.4, -0.2) is 12.2 Å². The predicted molar refractivity (Wildman–Crippen MR) is 51.7 cm³/mol. The molecule has 1 unspecified atom stereocenters. The van der Waals surface area contributed by atoms with Crippen LogP contribution in [0.25, 0.3) is 6.08 Å². The van der Waals surface area contributed by atoms with Crippen LogP contribution in [-0.2, 0) is 0 Å². The molecule has 0 amide bonds. The fraction of sp³-hybridized carbons (Fsp3) is 0.100. The number of hydrogen-bond acceptors (Lipinski definition) is 3. The van der Waals surface area contributed by atoms with E-state index in [1.165, 1.54) is 0 Å². The van der Waals surface area contributed by atoms with Crippen LogP contribution in [0.4, 0.5) is 5.69 Å². The van der Waals surface area contributed by atoms with Crippen molar-refractivity contribution in [3.63, 3.8) is 0 Å². The van der Waals surface area contributed by atoms with E-state index in [0.717, 1.165) is 16.9 Å². The highest BCUT2D eigenvalue weighted by atomic mass is 15.1. The van der Waals surface area contributed by atoms with Crippen molar-refractivity contribution in [2.75, 3.05) is 5.32 Å². The van der Waals surface area contributed by atoms with Gasteiger partial charge in [-0.05, 0) is 17.7 Å². The van der Waals surface area contributed by atoms with Crippen LogP contribution in [0.15, 0.2) is 39.9 Å². The minimum absolute atomic E-state index is 0.0186. The molecule has 0 spiro atoms. The lowest BCUT2D eigenvalue weighted by atomic mass is 10.1. The number of anilines is 1. The molecule has 0 saturated carbocycles. The van der Waals surface area contributed by atoms with Crippen molar-refractivity contribution >= 4 is 17.8 Å². The molecule has 62 valence electrons. The number of aliphatic imine (C=N–C) groups is 2. The van der Waals surface area contributed by atoms with Crippen LogP contribution in [0.3, 0.4) is 0 Å². The van der Waals surface area contributed by atoms with Crippen molar-refractivity contribution in [1.29, 1.82) is 0 Å². The summed E-state index contributed by atoms with van der Waals surface area (Å²) in [6.07, 6.45) is 2.02. The van der Waals surface area contributed by atoms with Gasteiger partial charge >= 0.3 is 0 Å². The second-order valence-electron chi connectivity index (χ2n) is 3.04. The predicted octanol–water partition coefficient (Wildman–Crippen LogP) is 1.97. The summed E-state index contributed by atoms with van der Waals surface area (Å²) >= 11 is 0. The number of nitrogens with one attached hydrogen (secondary N) is 1. The van der Waals surface area contributed by atoms with E-state index in [1.807, 2.05) is 24.3 Å². The summed E-state index contributed by atoms with van der Waals surface area (Å²) in [5.74, 6) is 0. The molecule has 1 atom stereocenters. The van der Waals surface area contributed by atoms with Crippen LogP contribution in [0.5, 0.6) is 0 Å². The lowest BCUT2D eigenvalue weighted by Crippen LogP contribution is -2.19. The van der Waals surface area contributed by atoms with Gasteiger partial charge in [0, 0.05) is 5.69 Å². The summed E-state index contributed by atoms with van der Waals surface area (Å²) < 4.78 is 0. The van der Waals surface area contributed by atoms with Crippen molar-refractivity contribution in [2.45, 2.75) is 6.17 Å². The molecule has 0 radical (unpaired) electrons. The average molecular weight is 169 g/mol. The van der Waals surface area contributed by atoms with Crippen LogP contribution in [0.1, 0.15) is 5.56 Å². The molecular weight excluding hydrogens is 162 g/mol. The molecule has 0 aromatic heterocycles. The highest BCUT2D eigenvalue weighted by Crippen LogP contribution is 2.28. The lowest BCUT2D eigenvalue weighted by molar-refractivity contribution is 0.899. The largest absolute Gasteiger partial charge is 0.358 e. The molecule has 3 nitrogen and oxygen atoms in total. The molecule has 1 aromatic carbocycles. The monoisotopic (exact) mass is 169 g/mol. The van der Waals surface area contributed by atoms with Crippen LogP contribution in [0, 0.1) is 0 Å². The van der Waals surface area contributed by atoms with Gasteiger partial charge in [-0.2, -0.15) is 9.98 Å². The fourth-order valence-corrected chi connectivity index (χ4v) is 1.55. The molecule has 2 heterocycles. The quantitative estimate of drug-likeness (QED) is 0.633. The Morgan fingerprint density at radius 3 is 3.23 bits per heavy atom. The summed E-state index contributed by atoms with van der Waals surface area (Å²) in [6, 6.07) is 10.7. The number of rotatable bonds is 0. The number of benzene rings is 1. The third-order valence-corrected chi connectivity index (χ3v) is 2.20. The molecule has 3 rings (SSSR count). The average Bonchev–Trinajstić information content (AvgIpc) is 2.61. The molecule has 2 aliphatic rings. The summed E-state index contributed by atoms with van der Waals surface area (Å²) in [5.41, 5.74) is 3.22. The smallest absolute Gasteiger partial charge is 0.173 e. The van der Waals surface area contributed by atoms with Gasteiger partial charge in [0.2, 0.25) is 0 Å². The maximum atomic E-state index is 4.06. The van der Waals surface area contributed by atoms with Crippen molar-refractivity contribution in [3.8, 4) is 0 Å². The summed E-state index contributed by atoms with van der Waals surface area (Å²) in [7, 11) is 0. The first kappa shape index (κ1) is 6.63. The minimum atomic E-state index is -0.0186. The first-order chi connectivity index (χ1) is 6.43. The van der Waals surface area contributed by atoms with Gasteiger partial charge < -0.3 is 5.32 Å². The standard InChI is InChI=1S/C10H7N3/c1-2-4-8-7(3-1)5-9-10(13-8)12-6-11-9/h1-5,10,13H. The highest BCUT2D eigenvalue weighted by Gasteiger charge is 2.21. The van der Waals surface area contributed by atoms with E-state index in [-0.39, 0.29) is 6.17 Å². The molecule has 0 aliphatic carbocycles. The van der Waals surface area contributed by atoms with E-state index < -0.39 is 0 Å². The Morgan fingerprint density at radius 2 is 2.23 bits per heavy atom. The molecule has 0 saturated heterocycles. The van der Waals surface area contributed by atoms with Gasteiger partial charge in [0.1, 0.15) is 0 Å². The van der Waals surface area contributed by atoms with Crippen LogP contribution in [0.2, 0.25) is 0 Å². The first-order valence-electron chi connectivity index (χ1n) is 4.16. The Balaban J connectivity index is 2.16. The van der Waals surface area contributed by atoms with Crippen molar-refractivity contribution in [3.05, 3.63) is 35.5 Å². The zero-order chi connectivity index (χ0) is 8.67. The maximum Gasteiger partial charge on any atom is 0.173 e. The Bertz CT molecular complexity index is 453. The topological polar surface area (TPSA) is 36.8 Å². The van der Waals surface area contributed by atoms with Crippen LogP contribution < -0.4 is 5.32 Å². The SMILES string of the molecule is C1=NC2=Cc3ccccc3NC2N=1. The van der Waals surface area contributed by atoms with Crippen molar-refractivity contribution < 1.29 is 0 Å². The van der Waals surface area contributed by atoms with E-state index in [9.17, 15) is 0 Å². The normalized spacial score (nSPS) is 21.8. The van der Waals surface area contributed by atoms with Gasteiger partial charge in [0.15, 0.2) is 6.17 Å². The maximum absolute atomic E-state index is 4.06. The highest BCUT2D eigenvalue weighted by molar-refractivity contribution is 5.75. The molecule has 2 aliphatic heterocycles. The molecular formula is C10H7N3. The molecule has 0 fully saturated rings. The van der Waals surface area contributed by atoms with Crippen molar-refractivity contribution in [2.24, 2.45) is 9.98 Å². The fourth-order valence-electron chi connectivity index (χ4n) is 1.55. The third-order valence-electron chi connectivity index (χ3n) is 2.20. The molecule has 1 aromatic rings. The van der Waals surface area contributed by atoms with Gasteiger partial charge in [-0.1, -0.05) is 18.2 Å². The molecule has 13 heavy (non-hydrogen) atoms. The Morgan fingerprint density at radius 1 is 1.31 bits per heavy atom. The Hall–Kier alpha value is -1.86. The first-order valence-corrected chi connectivity index (χ1v) is 4.16. The van der Waals surface area contributed by atoms with E-state index in [2.05, 4.69) is 27.4 Å². The number of para-hydroxylation sites is 1. The van der Waals surface area contributed by atoms with Gasteiger partial charge in [0.05, 0.1) is 11.7 Å². The number of hydrogen-bond donors (Lipinski definition) is 1. The van der Waals surface area contributed by atoms with E-state index in [0.29, 0.717) is 0 Å². The van der Waals surface area contributed by atoms with Crippen LogP contribution >= 0.6 is 0 Å². The third kappa shape index (κ3) is 0.912. The summed E-state index contributed by atoms with van der Waals surface area (Å²) in [6.45, 7) is 0. The minimum Gasteiger partial charge on any atom is -0.358 e. The zero-order valence-corrected chi connectivity index (χ0v) is 6.86. The zero-order valence-electron chi connectivity index (χ0n) is 6.86. The van der Waals surface area contributed by atoms with E-state index in [4.69, 9.17) is 0 Å². The molecule has 3 heteroatoms. The summed E-state index contributed by atoms with van der Waals surface area (Å²) in [4.78, 5) is 8.10. The lowest BCUT2D eigenvalue weighted by Gasteiger charge is -2.19. The second kappa shape index (κ2) is 2.31. The second-order valence-corrected chi connectivity index (χ2v) is 3.04. The summed E-state index contributed by atoms with van der Waals surface area (Å²) in [5, 5.41) is 3.27. The Labute approximate surface area is 75.5 Å². The number of nitrogens with zero attached hydrogens (tertiary/aromatic N) is 2. The van der Waals surface area contributed by atoms with Gasteiger partial charge in [-0.15, -0.1) is 0 Å². The Kier molecular flexibility index (Phi) is 1.18. The van der Waals surface area contributed by atoms with Gasteiger partial charge in [-0.3, -0.25) is 0 Å². The van der Waals surface area contributed by atoms with Crippen molar-refractivity contribution in [1.82, 2.24) is 0 Å². The van der Waals surface area contributed by atoms with E-state index in [1.54, 1.807) is 0 Å². The molecule has 0 bridgehead atoms. The van der Waals surface area contributed by atoms with E-state index >= 15 is 0 Å². The molecule has 1 N–H and O–H groups in total. The van der Waals surface area contributed by atoms with Gasteiger partial charge in [0.25, 0.3) is 0 Å².